The first-order chi connectivity index (χ1) is 5.49. The van der Waals surface area contributed by atoms with Crippen molar-refractivity contribution in [2.75, 3.05) is 6.26 Å². The molecule has 3 nitrogen and oxygen atoms in total. The van der Waals surface area contributed by atoms with Gasteiger partial charge in [-0.05, 0) is 12.1 Å². The van der Waals surface area contributed by atoms with Gasteiger partial charge in [0.05, 0.1) is 6.26 Å². The standard InChI is InChI=1S/C7H8O3S2.ClH.4FH/c1-12(8,9)10-6-4-2-3-5-7(6)11;;;;;/h2-5,11H,1H3;5*1H. The van der Waals surface area contributed by atoms with Crippen LogP contribution in [0.5, 0.6) is 5.75 Å². The molecule has 0 amide bonds. The van der Waals surface area contributed by atoms with E-state index < -0.39 is 10.1 Å². The molecule has 0 unspecified atom stereocenters. The molecule has 0 saturated heterocycles. The monoisotopic (exact) mass is 320 g/mol. The fraction of sp³-hybridized carbons (Fsp3) is 0.143. The molecule has 1 aromatic rings. The van der Waals surface area contributed by atoms with Crippen molar-refractivity contribution < 1.29 is 31.4 Å². The van der Waals surface area contributed by atoms with E-state index in [4.69, 9.17) is 0 Å². The zero-order valence-electron chi connectivity index (χ0n) is 8.43. The number of halogens is 5. The maximum atomic E-state index is 10.7. The van der Waals surface area contributed by atoms with E-state index in [-0.39, 0.29) is 37.0 Å². The second-order valence-corrected chi connectivity index (χ2v) is 4.31. The van der Waals surface area contributed by atoms with Crippen molar-refractivity contribution in [3.8, 4) is 5.75 Å². The molecule has 0 saturated carbocycles. The van der Waals surface area contributed by atoms with Gasteiger partial charge in [0.15, 0.2) is 5.75 Å². The summed E-state index contributed by atoms with van der Waals surface area (Å²) in [5.74, 6) is 0.253. The van der Waals surface area contributed by atoms with E-state index in [0.29, 0.717) is 4.90 Å². The molecule has 0 fully saturated rings. The molecule has 0 N–H and O–H groups in total. The minimum Gasteiger partial charge on any atom is -0.381 e. The summed E-state index contributed by atoms with van der Waals surface area (Å²) in [4.78, 5) is 0.503. The zero-order valence-corrected chi connectivity index (χ0v) is 11.0. The van der Waals surface area contributed by atoms with E-state index >= 15 is 0 Å². The zero-order chi connectivity index (χ0) is 9.19. The fourth-order valence-electron chi connectivity index (χ4n) is 0.691. The molecule has 0 aliphatic rings. The maximum absolute atomic E-state index is 10.7. The van der Waals surface area contributed by atoms with Crippen LogP contribution in [0.1, 0.15) is 0 Å². The lowest BCUT2D eigenvalue weighted by Gasteiger charge is -2.03. The molecule has 0 spiro atoms. The van der Waals surface area contributed by atoms with Crippen molar-refractivity contribution in [3.05, 3.63) is 24.3 Å². The second kappa shape index (κ2) is 11.8. The molecular weight excluding hydrogens is 308 g/mol. The Hall–Kier alpha value is -0.670. The van der Waals surface area contributed by atoms with E-state index in [1.54, 1.807) is 24.3 Å². The third-order valence-corrected chi connectivity index (χ3v) is 1.96. The van der Waals surface area contributed by atoms with Gasteiger partial charge < -0.3 is 4.18 Å². The Labute approximate surface area is 108 Å². The Kier molecular flexibility index (Phi) is 20.8. The SMILES string of the molecule is CS(=O)(=O)Oc1ccccc1S.Cl.F.F.F.F. The molecule has 0 atom stereocenters. The Morgan fingerprint density at radius 1 is 1.06 bits per heavy atom. The van der Waals surface area contributed by atoms with Crippen LogP contribution in [0.15, 0.2) is 29.2 Å². The van der Waals surface area contributed by atoms with Gasteiger partial charge >= 0.3 is 10.1 Å². The predicted molar refractivity (Wildman–Crippen MR) is 66.4 cm³/mol. The van der Waals surface area contributed by atoms with E-state index in [2.05, 4.69) is 16.8 Å². The van der Waals surface area contributed by atoms with E-state index in [1.807, 2.05) is 0 Å². The Balaban J connectivity index is -0.0000000960. The van der Waals surface area contributed by atoms with E-state index in [9.17, 15) is 8.42 Å². The average molecular weight is 321 g/mol. The Bertz CT molecular complexity index is 388. The molecule has 0 aromatic heterocycles. The third-order valence-electron chi connectivity index (χ3n) is 1.11. The van der Waals surface area contributed by atoms with Crippen LogP contribution in [0.3, 0.4) is 0 Å². The number of thiol groups is 1. The van der Waals surface area contributed by atoms with Gasteiger partial charge in [-0.3, -0.25) is 18.8 Å². The topological polar surface area (TPSA) is 43.4 Å². The summed E-state index contributed by atoms with van der Waals surface area (Å²) >= 11 is 4.02. The summed E-state index contributed by atoms with van der Waals surface area (Å²) in [7, 11) is -3.45. The molecule has 0 radical (unpaired) electrons. The largest absolute Gasteiger partial charge is 0.381 e. The third kappa shape index (κ3) is 11.6. The summed E-state index contributed by atoms with van der Waals surface area (Å²) in [6.45, 7) is 0. The molecule has 17 heavy (non-hydrogen) atoms. The first kappa shape index (κ1) is 29.9. The molecule has 0 bridgehead atoms. The highest BCUT2D eigenvalue weighted by Crippen LogP contribution is 2.22. The molecule has 0 aliphatic heterocycles. The van der Waals surface area contributed by atoms with Crippen LogP contribution in [0.25, 0.3) is 0 Å². The van der Waals surface area contributed by atoms with Gasteiger partial charge in [0.2, 0.25) is 0 Å². The smallest absolute Gasteiger partial charge is 0.306 e. The summed E-state index contributed by atoms with van der Waals surface area (Å²) in [6, 6.07) is 6.63. The number of hydrogen-bond donors (Lipinski definition) is 1. The van der Waals surface area contributed by atoms with E-state index in [0.717, 1.165) is 6.26 Å². The average Bonchev–Trinajstić information content (AvgIpc) is 1.91. The second-order valence-electron chi connectivity index (χ2n) is 2.26. The molecule has 10 heteroatoms. The van der Waals surface area contributed by atoms with Crippen molar-refractivity contribution in [2.45, 2.75) is 4.90 Å². The van der Waals surface area contributed by atoms with Crippen LogP contribution in [0.2, 0.25) is 0 Å². The lowest BCUT2D eigenvalue weighted by atomic mass is 10.3. The Morgan fingerprint density at radius 3 is 1.82 bits per heavy atom. The van der Waals surface area contributed by atoms with Crippen LogP contribution < -0.4 is 4.18 Å². The Morgan fingerprint density at radius 2 is 1.47 bits per heavy atom. The highest BCUT2D eigenvalue weighted by Gasteiger charge is 2.05. The summed E-state index contributed by atoms with van der Waals surface area (Å²) in [6.07, 6.45) is 0.993. The molecule has 0 heterocycles. The van der Waals surface area contributed by atoms with Gasteiger partial charge in [-0.25, -0.2) is 0 Å². The van der Waals surface area contributed by atoms with Crippen LogP contribution in [-0.4, -0.2) is 14.7 Å². The van der Waals surface area contributed by atoms with Crippen molar-refractivity contribution in [1.29, 1.82) is 0 Å². The van der Waals surface area contributed by atoms with Crippen molar-refractivity contribution in [1.82, 2.24) is 0 Å². The van der Waals surface area contributed by atoms with Crippen LogP contribution in [0, 0.1) is 0 Å². The van der Waals surface area contributed by atoms with Gasteiger partial charge in [-0.15, -0.1) is 25.0 Å². The van der Waals surface area contributed by atoms with Gasteiger partial charge in [0.25, 0.3) is 0 Å². The fourth-order valence-corrected chi connectivity index (χ4v) is 1.43. The molecular formula is C7H13ClF4O3S2. The molecule has 1 aromatic carbocycles. The summed E-state index contributed by atoms with van der Waals surface area (Å²) in [5, 5.41) is 0. The highest BCUT2D eigenvalue weighted by molar-refractivity contribution is 7.86. The maximum Gasteiger partial charge on any atom is 0.306 e. The van der Waals surface area contributed by atoms with Gasteiger partial charge in [-0.2, -0.15) is 8.42 Å². The minimum atomic E-state index is -3.45. The number of para-hydroxylation sites is 1. The predicted octanol–water partition coefficient (Wildman–Crippen LogP) is 2.35. The quantitative estimate of drug-likeness (QED) is 0.517. The van der Waals surface area contributed by atoms with Crippen LogP contribution >= 0.6 is 25.0 Å². The van der Waals surface area contributed by atoms with Crippen LogP contribution in [0.4, 0.5) is 18.8 Å². The van der Waals surface area contributed by atoms with Crippen molar-refractivity contribution in [3.63, 3.8) is 0 Å². The first-order valence-corrected chi connectivity index (χ1v) is 5.43. The van der Waals surface area contributed by atoms with Gasteiger partial charge in [0.1, 0.15) is 0 Å². The number of benzene rings is 1. The minimum absolute atomic E-state index is 0. The summed E-state index contributed by atoms with van der Waals surface area (Å²) < 4.78 is 26.0. The summed E-state index contributed by atoms with van der Waals surface area (Å²) in [5.41, 5.74) is 0. The number of hydrogen-bond acceptors (Lipinski definition) is 4. The van der Waals surface area contributed by atoms with Gasteiger partial charge in [-0.1, -0.05) is 12.1 Å². The molecule has 0 aliphatic carbocycles. The van der Waals surface area contributed by atoms with Crippen molar-refractivity contribution >= 4 is 35.2 Å². The van der Waals surface area contributed by atoms with Crippen molar-refractivity contribution in [2.24, 2.45) is 0 Å². The normalized spacial score (nSPS) is 7.88. The lowest BCUT2D eigenvalue weighted by molar-refractivity contribution is 0.487. The highest BCUT2D eigenvalue weighted by atomic mass is 35.5. The first-order valence-electron chi connectivity index (χ1n) is 3.16. The lowest BCUT2D eigenvalue weighted by Crippen LogP contribution is -2.05. The number of rotatable bonds is 2. The molecule has 106 valence electrons. The van der Waals surface area contributed by atoms with Gasteiger partial charge in [0, 0.05) is 4.90 Å². The van der Waals surface area contributed by atoms with E-state index in [1.165, 1.54) is 0 Å². The van der Waals surface area contributed by atoms with Crippen LogP contribution in [-0.2, 0) is 10.1 Å². The molecule has 1 rings (SSSR count).